The summed E-state index contributed by atoms with van der Waals surface area (Å²) in [5.41, 5.74) is 3.05. The Morgan fingerprint density at radius 2 is 1.86 bits per heavy atom. The quantitative estimate of drug-likeness (QED) is 0.826. The topological polar surface area (TPSA) is 50.8 Å². The van der Waals surface area contributed by atoms with Crippen molar-refractivity contribution in [2.24, 2.45) is 5.92 Å². The van der Waals surface area contributed by atoms with Gasteiger partial charge >= 0.3 is 0 Å². The van der Waals surface area contributed by atoms with E-state index in [9.17, 15) is 4.79 Å². The van der Waals surface area contributed by atoms with E-state index < -0.39 is 0 Å². The van der Waals surface area contributed by atoms with E-state index in [2.05, 4.69) is 16.3 Å². The fourth-order valence-electron chi connectivity index (χ4n) is 4.40. The number of nitrogens with zero attached hydrogens (tertiary/aromatic N) is 1. The maximum absolute atomic E-state index is 12.9. The zero-order valence-electron chi connectivity index (χ0n) is 17.1. The molecule has 0 aromatic heterocycles. The number of likely N-dealkylation sites (tertiary alicyclic amines) is 1. The van der Waals surface area contributed by atoms with Crippen LogP contribution in [-0.2, 0) is 9.53 Å². The molecule has 2 saturated heterocycles. The van der Waals surface area contributed by atoms with Crippen molar-refractivity contribution < 1.29 is 14.3 Å². The molecule has 0 saturated carbocycles. The number of benzene rings is 2. The molecule has 2 fully saturated rings. The molecule has 0 radical (unpaired) electrons. The summed E-state index contributed by atoms with van der Waals surface area (Å²) in [7, 11) is 1.67. The minimum atomic E-state index is 0.0599. The largest absolute Gasteiger partial charge is 0.497 e. The van der Waals surface area contributed by atoms with E-state index in [0.717, 1.165) is 74.6 Å². The van der Waals surface area contributed by atoms with Gasteiger partial charge in [-0.1, -0.05) is 24.3 Å². The van der Waals surface area contributed by atoms with E-state index in [-0.39, 0.29) is 11.8 Å². The van der Waals surface area contributed by atoms with Gasteiger partial charge in [0.05, 0.1) is 13.0 Å². The average Bonchev–Trinajstić information content (AvgIpc) is 2.80. The molecule has 4 rings (SSSR count). The summed E-state index contributed by atoms with van der Waals surface area (Å²) in [6.45, 7) is 3.65. The first-order valence-corrected chi connectivity index (χ1v) is 10.6. The third-order valence-corrected chi connectivity index (χ3v) is 6.09. The Kier molecular flexibility index (Phi) is 6.47. The standard InChI is InChI=1S/C24H30N2O3/c1-28-23-6-2-4-19(16-23)18-7-9-21(10-8-18)25-24(27)20-5-3-13-26(17-20)22-11-14-29-15-12-22/h2,4,6-10,16,20,22H,3,5,11-15,17H2,1H3,(H,25,27). The van der Waals surface area contributed by atoms with Gasteiger partial charge in [0.15, 0.2) is 0 Å². The van der Waals surface area contributed by atoms with Crippen LogP contribution in [0.15, 0.2) is 48.5 Å². The summed E-state index contributed by atoms with van der Waals surface area (Å²) in [5, 5.41) is 3.12. The third-order valence-electron chi connectivity index (χ3n) is 6.09. The predicted molar refractivity (Wildman–Crippen MR) is 115 cm³/mol. The van der Waals surface area contributed by atoms with Crippen LogP contribution in [0.2, 0.25) is 0 Å². The van der Waals surface area contributed by atoms with Gasteiger partial charge in [0.25, 0.3) is 0 Å². The number of piperidine rings is 1. The van der Waals surface area contributed by atoms with Crippen LogP contribution in [0.25, 0.3) is 11.1 Å². The number of ether oxygens (including phenoxy) is 2. The summed E-state index contributed by atoms with van der Waals surface area (Å²) < 4.78 is 10.8. The number of hydrogen-bond donors (Lipinski definition) is 1. The average molecular weight is 395 g/mol. The molecule has 2 heterocycles. The van der Waals surface area contributed by atoms with Gasteiger partial charge in [0.2, 0.25) is 5.91 Å². The summed E-state index contributed by atoms with van der Waals surface area (Å²) >= 11 is 0. The summed E-state index contributed by atoms with van der Waals surface area (Å²) in [6.07, 6.45) is 4.22. The van der Waals surface area contributed by atoms with E-state index in [0.29, 0.717) is 6.04 Å². The van der Waals surface area contributed by atoms with Crippen molar-refractivity contribution in [3.8, 4) is 16.9 Å². The predicted octanol–water partition coefficient (Wildman–Crippen LogP) is 4.19. The first-order chi connectivity index (χ1) is 14.2. The molecule has 0 spiro atoms. The molecule has 5 heteroatoms. The van der Waals surface area contributed by atoms with Crippen molar-refractivity contribution >= 4 is 11.6 Å². The van der Waals surface area contributed by atoms with Crippen LogP contribution < -0.4 is 10.1 Å². The normalized spacial score (nSPS) is 20.9. The Morgan fingerprint density at radius 1 is 1.07 bits per heavy atom. The van der Waals surface area contributed by atoms with Crippen molar-refractivity contribution in [2.75, 3.05) is 38.7 Å². The molecular formula is C24H30N2O3. The molecule has 154 valence electrons. The summed E-state index contributed by atoms with van der Waals surface area (Å²) in [5.74, 6) is 1.03. The molecule has 29 heavy (non-hydrogen) atoms. The Bertz CT molecular complexity index is 815. The number of carbonyl (C=O) groups excluding carboxylic acids is 1. The fourth-order valence-corrected chi connectivity index (χ4v) is 4.40. The van der Waals surface area contributed by atoms with E-state index in [1.807, 2.05) is 42.5 Å². The number of amides is 1. The molecule has 2 aromatic carbocycles. The molecule has 0 aliphatic carbocycles. The number of nitrogens with one attached hydrogen (secondary N) is 1. The number of carbonyl (C=O) groups is 1. The molecular weight excluding hydrogens is 364 g/mol. The Balaban J connectivity index is 1.36. The zero-order chi connectivity index (χ0) is 20.1. The molecule has 1 N–H and O–H groups in total. The number of rotatable bonds is 5. The highest BCUT2D eigenvalue weighted by atomic mass is 16.5. The lowest BCUT2D eigenvalue weighted by molar-refractivity contribution is -0.122. The molecule has 2 aromatic rings. The minimum Gasteiger partial charge on any atom is -0.497 e. The van der Waals surface area contributed by atoms with E-state index >= 15 is 0 Å². The van der Waals surface area contributed by atoms with Crippen LogP contribution in [0.3, 0.4) is 0 Å². The highest BCUT2D eigenvalue weighted by Gasteiger charge is 2.30. The van der Waals surface area contributed by atoms with Crippen LogP contribution in [0, 0.1) is 5.92 Å². The van der Waals surface area contributed by atoms with Crippen LogP contribution in [0.1, 0.15) is 25.7 Å². The number of methoxy groups -OCH3 is 1. The molecule has 2 aliphatic heterocycles. The van der Waals surface area contributed by atoms with Gasteiger partial charge in [-0.3, -0.25) is 9.69 Å². The van der Waals surface area contributed by atoms with Crippen molar-refractivity contribution in [2.45, 2.75) is 31.7 Å². The van der Waals surface area contributed by atoms with Crippen molar-refractivity contribution in [1.82, 2.24) is 4.90 Å². The van der Waals surface area contributed by atoms with Crippen molar-refractivity contribution in [3.63, 3.8) is 0 Å². The monoisotopic (exact) mass is 394 g/mol. The Morgan fingerprint density at radius 3 is 2.62 bits per heavy atom. The Hall–Kier alpha value is -2.37. The second-order valence-electron chi connectivity index (χ2n) is 7.98. The van der Waals surface area contributed by atoms with Gasteiger partial charge in [0, 0.05) is 31.5 Å². The SMILES string of the molecule is COc1cccc(-c2ccc(NC(=O)C3CCCN(C4CCOCC4)C3)cc2)c1. The van der Waals surface area contributed by atoms with Gasteiger partial charge in [-0.05, 0) is 67.6 Å². The maximum atomic E-state index is 12.9. The fraction of sp³-hybridized carbons (Fsp3) is 0.458. The zero-order valence-corrected chi connectivity index (χ0v) is 17.1. The number of anilines is 1. The molecule has 1 unspecified atom stereocenters. The third kappa shape index (κ3) is 4.98. The lowest BCUT2D eigenvalue weighted by atomic mass is 9.94. The number of hydrogen-bond acceptors (Lipinski definition) is 4. The first kappa shape index (κ1) is 19.9. The summed E-state index contributed by atoms with van der Waals surface area (Å²) in [6, 6.07) is 16.6. The minimum absolute atomic E-state index is 0.0599. The van der Waals surface area contributed by atoms with E-state index in [1.165, 1.54) is 0 Å². The highest BCUT2D eigenvalue weighted by molar-refractivity contribution is 5.93. The van der Waals surface area contributed by atoms with E-state index in [1.54, 1.807) is 7.11 Å². The molecule has 0 bridgehead atoms. The van der Waals surface area contributed by atoms with Gasteiger partial charge < -0.3 is 14.8 Å². The first-order valence-electron chi connectivity index (χ1n) is 10.6. The maximum Gasteiger partial charge on any atom is 0.228 e. The highest BCUT2D eigenvalue weighted by Crippen LogP contribution is 2.27. The van der Waals surface area contributed by atoms with Gasteiger partial charge in [-0.2, -0.15) is 0 Å². The second kappa shape index (κ2) is 9.42. The van der Waals surface area contributed by atoms with Crippen LogP contribution in [-0.4, -0.2) is 50.3 Å². The Labute approximate surface area is 173 Å². The summed E-state index contributed by atoms with van der Waals surface area (Å²) in [4.78, 5) is 15.4. The second-order valence-corrected chi connectivity index (χ2v) is 7.98. The van der Waals surface area contributed by atoms with Crippen LogP contribution >= 0.6 is 0 Å². The van der Waals surface area contributed by atoms with Crippen LogP contribution in [0.4, 0.5) is 5.69 Å². The molecule has 1 atom stereocenters. The van der Waals surface area contributed by atoms with Crippen molar-refractivity contribution in [1.29, 1.82) is 0 Å². The van der Waals surface area contributed by atoms with Gasteiger partial charge in [-0.15, -0.1) is 0 Å². The lowest BCUT2D eigenvalue weighted by Crippen LogP contribution is -2.47. The van der Waals surface area contributed by atoms with Gasteiger partial charge in [0.1, 0.15) is 5.75 Å². The van der Waals surface area contributed by atoms with Gasteiger partial charge in [-0.25, -0.2) is 0 Å². The molecule has 1 amide bonds. The van der Waals surface area contributed by atoms with Crippen molar-refractivity contribution in [3.05, 3.63) is 48.5 Å². The lowest BCUT2D eigenvalue weighted by Gasteiger charge is -2.39. The molecule has 2 aliphatic rings. The smallest absolute Gasteiger partial charge is 0.228 e. The molecule has 5 nitrogen and oxygen atoms in total. The van der Waals surface area contributed by atoms with Crippen LogP contribution in [0.5, 0.6) is 5.75 Å². The van der Waals surface area contributed by atoms with E-state index in [4.69, 9.17) is 9.47 Å².